The van der Waals surface area contributed by atoms with Gasteiger partial charge in [0.05, 0.1) is 12.5 Å². The van der Waals surface area contributed by atoms with E-state index < -0.39 is 0 Å². The van der Waals surface area contributed by atoms with Crippen molar-refractivity contribution in [1.82, 2.24) is 0 Å². The summed E-state index contributed by atoms with van der Waals surface area (Å²) >= 11 is 0. The largest absolute Gasteiger partial charge is 0.469 e. The summed E-state index contributed by atoms with van der Waals surface area (Å²) in [6, 6.07) is 0. The van der Waals surface area contributed by atoms with Gasteiger partial charge in [-0.05, 0) is 62.7 Å². The van der Waals surface area contributed by atoms with Crippen molar-refractivity contribution in [3.8, 4) is 0 Å². The van der Waals surface area contributed by atoms with Gasteiger partial charge in [-0.3, -0.25) is 4.79 Å². The van der Waals surface area contributed by atoms with Crippen LogP contribution in [0.25, 0.3) is 0 Å². The molecular weight excluding hydrogens is 284 g/mol. The summed E-state index contributed by atoms with van der Waals surface area (Å²) in [4.78, 5) is 12.5. The molecule has 1 unspecified atom stereocenters. The highest BCUT2D eigenvalue weighted by molar-refractivity contribution is 5.77. The number of hydrogen-bond donors (Lipinski definition) is 0. The molecule has 2 fully saturated rings. The number of methoxy groups -OCH3 is 1. The number of esters is 1. The van der Waals surface area contributed by atoms with E-state index in [0.717, 1.165) is 44.1 Å². The lowest BCUT2D eigenvalue weighted by atomic mass is 9.46. The number of ether oxygens (including phenoxy) is 1. The Bertz CT molecular complexity index is 518. The molecule has 0 aromatic rings. The van der Waals surface area contributed by atoms with Gasteiger partial charge in [0.1, 0.15) is 0 Å². The molecule has 2 nitrogen and oxygen atoms in total. The van der Waals surface area contributed by atoms with E-state index in [9.17, 15) is 4.79 Å². The number of rotatable bonds is 5. The van der Waals surface area contributed by atoms with Crippen molar-refractivity contribution in [3.05, 3.63) is 37.0 Å². The summed E-state index contributed by atoms with van der Waals surface area (Å²) < 4.78 is 5.18. The maximum atomic E-state index is 12.5. The van der Waals surface area contributed by atoms with E-state index in [0.29, 0.717) is 11.8 Å². The summed E-state index contributed by atoms with van der Waals surface area (Å²) in [5, 5.41) is 0. The molecule has 2 rings (SSSR count). The van der Waals surface area contributed by atoms with Crippen molar-refractivity contribution in [2.24, 2.45) is 22.7 Å². The molecule has 0 saturated heterocycles. The Labute approximate surface area is 141 Å². The van der Waals surface area contributed by atoms with Gasteiger partial charge in [-0.25, -0.2) is 0 Å². The minimum absolute atomic E-state index is 0.0322. The second kappa shape index (κ2) is 6.67. The molecular formula is C21H32O2. The van der Waals surface area contributed by atoms with Crippen LogP contribution in [0.2, 0.25) is 0 Å². The Kier molecular flexibility index (Phi) is 5.23. The molecule has 2 aliphatic rings. The summed E-state index contributed by atoms with van der Waals surface area (Å²) in [5.41, 5.74) is 2.23. The van der Waals surface area contributed by atoms with Gasteiger partial charge in [-0.15, -0.1) is 0 Å². The van der Waals surface area contributed by atoms with Crippen LogP contribution in [-0.4, -0.2) is 13.1 Å². The van der Waals surface area contributed by atoms with E-state index in [1.54, 1.807) is 0 Å². The van der Waals surface area contributed by atoms with E-state index in [2.05, 4.69) is 33.6 Å². The van der Waals surface area contributed by atoms with E-state index in [1.165, 1.54) is 19.1 Å². The van der Waals surface area contributed by atoms with Gasteiger partial charge < -0.3 is 4.74 Å². The van der Waals surface area contributed by atoms with Crippen LogP contribution in [0.1, 0.15) is 58.8 Å². The molecule has 0 bridgehead atoms. The molecule has 0 amide bonds. The first-order valence-corrected chi connectivity index (χ1v) is 8.86. The predicted octanol–water partition coefficient (Wildman–Crippen LogP) is 5.46. The van der Waals surface area contributed by atoms with Gasteiger partial charge in [-0.2, -0.15) is 0 Å². The summed E-state index contributed by atoms with van der Waals surface area (Å²) in [6.45, 7) is 16.7. The Balaban J connectivity index is 2.31. The molecule has 0 N–H and O–H groups in total. The van der Waals surface area contributed by atoms with E-state index >= 15 is 0 Å². The topological polar surface area (TPSA) is 26.3 Å². The van der Waals surface area contributed by atoms with Crippen molar-refractivity contribution < 1.29 is 9.53 Å². The Morgan fingerprint density at radius 3 is 2.70 bits per heavy atom. The van der Waals surface area contributed by atoms with Crippen LogP contribution < -0.4 is 0 Å². The summed E-state index contributed by atoms with van der Waals surface area (Å²) in [7, 11) is 1.52. The van der Waals surface area contributed by atoms with Crippen LogP contribution in [0, 0.1) is 22.7 Å². The lowest BCUT2D eigenvalue weighted by Gasteiger charge is -2.57. The van der Waals surface area contributed by atoms with Crippen molar-refractivity contribution >= 4 is 5.97 Å². The number of carbonyl (C=O) groups is 1. The third-order valence-corrected chi connectivity index (χ3v) is 6.71. The summed E-state index contributed by atoms with van der Waals surface area (Å²) in [6.07, 6.45) is 9.17. The molecule has 128 valence electrons. The number of fused-ring (bicyclic) bond motifs is 1. The fraction of sp³-hybridized carbons (Fsp3) is 0.667. The zero-order chi connectivity index (χ0) is 17.3. The number of allylic oxidation sites excluding steroid dienone is 3. The molecule has 0 aromatic carbocycles. The first kappa shape index (κ1) is 18.0. The fourth-order valence-electron chi connectivity index (χ4n) is 5.39. The van der Waals surface area contributed by atoms with Crippen LogP contribution in [-0.2, 0) is 9.53 Å². The average molecular weight is 316 g/mol. The molecule has 4 atom stereocenters. The molecule has 2 aliphatic carbocycles. The zero-order valence-electron chi connectivity index (χ0n) is 15.1. The highest BCUT2D eigenvalue weighted by atomic mass is 16.5. The fourth-order valence-corrected chi connectivity index (χ4v) is 5.39. The van der Waals surface area contributed by atoms with Gasteiger partial charge in [0.25, 0.3) is 0 Å². The molecule has 0 aliphatic heterocycles. The predicted molar refractivity (Wildman–Crippen MR) is 96.0 cm³/mol. The number of hydrogen-bond acceptors (Lipinski definition) is 2. The molecule has 0 heterocycles. The van der Waals surface area contributed by atoms with Gasteiger partial charge >= 0.3 is 5.97 Å². The standard InChI is InChI=1S/C21H32O2/c1-7-15(2)9-11-17-16(3)10-12-18-20(17,4)13-8-14-21(18,5)19(22)23-6/h7,17-18H,1-3,8-14H2,4-6H3/t17-,18?,20+,21-/m0/s1. The van der Waals surface area contributed by atoms with E-state index in [1.807, 2.05) is 6.08 Å². The van der Waals surface area contributed by atoms with Gasteiger partial charge in [0.15, 0.2) is 0 Å². The van der Waals surface area contributed by atoms with Crippen molar-refractivity contribution in [2.75, 3.05) is 7.11 Å². The van der Waals surface area contributed by atoms with Crippen LogP contribution in [0.5, 0.6) is 0 Å². The Hall–Kier alpha value is -1.31. The maximum absolute atomic E-state index is 12.5. The van der Waals surface area contributed by atoms with E-state index in [4.69, 9.17) is 4.74 Å². The van der Waals surface area contributed by atoms with Gasteiger partial charge in [0, 0.05) is 0 Å². The van der Waals surface area contributed by atoms with Crippen LogP contribution >= 0.6 is 0 Å². The molecule has 23 heavy (non-hydrogen) atoms. The third-order valence-electron chi connectivity index (χ3n) is 6.71. The van der Waals surface area contributed by atoms with Crippen molar-refractivity contribution in [2.45, 2.75) is 58.8 Å². The van der Waals surface area contributed by atoms with Crippen LogP contribution in [0.3, 0.4) is 0 Å². The normalized spacial score (nSPS) is 36.9. The minimum atomic E-state index is -0.351. The van der Waals surface area contributed by atoms with E-state index in [-0.39, 0.29) is 16.8 Å². The quantitative estimate of drug-likeness (QED) is 0.382. The third kappa shape index (κ3) is 3.05. The monoisotopic (exact) mass is 316 g/mol. The first-order chi connectivity index (χ1) is 10.8. The highest BCUT2D eigenvalue weighted by Crippen LogP contribution is 2.62. The molecule has 0 spiro atoms. The molecule has 0 radical (unpaired) electrons. The van der Waals surface area contributed by atoms with Crippen LogP contribution in [0.4, 0.5) is 0 Å². The average Bonchev–Trinajstić information content (AvgIpc) is 2.52. The second-order valence-electron chi connectivity index (χ2n) is 7.97. The molecule has 2 saturated carbocycles. The van der Waals surface area contributed by atoms with Gasteiger partial charge in [-0.1, -0.05) is 50.3 Å². The van der Waals surface area contributed by atoms with Crippen molar-refractivity contribution in [1.29, 1.82) is 0 Å². The minimum Gasteiger partial charge on any atom is -0.469 e. The number of carbonyl (C=O) groups excluding carboxylic acids is 1. The van der Waals surface area contributed by atoms with Crippen LogP contribution in [0.15, 0.2) is 37.0 Å². The maximum Gasteiger partial charge on any atom is 0.311 e. The first-order valence-electron chi connectivity index (χ1n) is 8.86. The Morgan fingerprint density at radius 1 is 1.39 bits per heavy atom. The Morgan fingerprint density at radius 2 is 2.09 bits per heavy atom. The highest BCUT2D eigenvalue weighted by Gasteiger charge is 2.57. The lowest BCUT2D eigenvalue weighted by Crippen LogP contribution is -2.53. The van der Waals surface area contributed by atoms with Gasteiger partial charge in [0.2, 0.25) is 0 Å². The summed E-state index contributed by atoms with van der Waals surface area (Å²) in [5.74, 6) is 0.807. The second-order valence-corrected chi connectivity index (χ2v) is 7.97. The zero-order valence-corrected chi connectivity index (χ0v) is 15.1. The smallest absolute Gasteiger partial charge is 0.311 e. The molecule has 0 aromatic heterocycles. The SMILES string of the molecule is C=CC(=C)CC[C@H]1C(=C)CCC2[C@]1(C)CCC[C@]2(C)C(=O)OC. The van der Waals surface area contributed by atoms with Crippen molar-refractivity contribution in [3.63, 3.8) is 0 Å². The molecule has 2 heteroatoms. The lowest BCUT2D eigenvalue weighted by molar-refractivity contribution is -0.168.